The van der Waals surface area contributed by atoms with Crippen LogP contribution in [0.25, 0.3) is 10.9 Å². The van der Waals surface area contributed by atoms with Gasteiger partial charge in [-0.25, -0.2) is 4.79 Å². The molecule has 6 heteroatoms. The fourth-order valence-corrected chi connectivity index (χ4v) is 3.45. The summed E-state index contributed by atoms with van der Waals surface area (Å²) in [4.78, 5) is 14.0. The van der Waals surface area contributed by atoms with E-state index < -0.39 is 5.97 Å². The number of hydrogen-bond acceptors (Lipinski definition) is 4. The van der Waals surface area contributed by atoms with Crippen molar-refractivity contribution in [1.29, 1.82) is 0 Å². The highest BCUT2D eigenvalue weighted by atomic mass is 16.4. The van der Waals surface area contributed by atoms with Gasteiger partial charge in [0.15, 0.2) is 0 Å². The second-order valence-electron chi connectivity index (χ2n) is 6.27. The van der Waals surface area contributed by atoms with Gasteiger partial charge in [0.1, 0.15) is 0 Å². The summed E-state index contributed by atoms with van der Waals surface area (Å²) < 4.78 is 2.07. The fourth-order valence-electron chi connectivity index (χ4n) is 3.45. The lowest BCUT2D eigenvalue weighted by molar-refractivity contribution is 0.0699. The maximum absolute atomic E-state index is 11.6. The summed E-state index contributed by atoms with van der Waals surface area (Å²) in [5, 5.41) is 22.8. The molecule has 6 nitrogen and oxygen atoms in total. The van der Waals surface area contributed by atoms with Crippen LogP contribution in [0.4, 0.5) is 0 Å². The van der Waals surface area contributed by atoms with Crippen molar-refractivity contribution in [2.24, 2.45) is 0 Å². The van der Waals surface area contributed by atoms with E-state index in [9.17, 15) is 9.90 Å². The van der Waals surface area contributed by atoms with E-state index in [1.807, 2.05) is 6.07 Å². The average Bonchev–Trinajstić information content (AvgIpc) is 2.97. The lowest BCUT2D eigenvalue weighted by Gasteiger charge is -2.27. The molecule has 0 radical (unpaired) electrons. The molecule has 130 valence electrons. The average molecular weight is 331 g/mol. The minimum absolute atomic E-state index is 0.133. The molecule has 24 heavy (non-hydrogen) atoms. The number of aliphatic hydroxyl groups excluding tert-OH is 1. The summed E-state index contributed by atoms with van der Waals surface area (Å²) in [6.07, 6.45) is 3.57. The molecule has 1 aliphatic heterocycles. The Labute approximate surface area is 141 Å². The summed E-state index contributed by atoms with van der Waals surface area (Å²) in [6.45, 7) is 5.87. The number of carbonyl (C=O) groups is 1. The predicted octanol–water partition coefficient (Wildman–Crippen LogP) is 1.17. The largest absolute Gasteiger partial charge is 0.478 e. The van der Waals surface area contributed by atoms with Gasteiger partial charge in [-0.1, -0.05) is 6.07 Å². The molecule has 0 amide bonds. The number of carboxylic acids is 1. The third-order valence-electron chi connectivity index (χ3n) is 4.68. The van der Waals surface area contributed by atoms with Crippen LogP contribution in [0.15, 0.2) is 24.4 Å². The van der Waals surface area contributed by atoms with E-state index in [-0.39, 0.29) is 6.61 Å². The summed E-state index contributed by atoms with van der Waals surface area (Å²) in [5.41, 5.74) is 2.39. The molecular formula is C18H25N3O3. The maximum Gasteiger partial charge on any atom is 0.336 e. The monoisotopic (exact) mass is 331 g/mol. The number of aliphatic hydroxyl groups is 1. The van der Waals surface area contributed by atoms with Crippen molar-refractivity contribution in [3.05, 3.63) is 35.5 Å². The van der Waals surface area contributed by atoms with E-state index in [4.69, 9.17) is 5.11 Å². The minimum atomic E-state index is -0.885. The summed E-state index contributed by atoms with van der Waals surface area (Å²) in [5.74, 6) is -0.885. The zero-order chi connectivity index (χ0) is 16.9. The number of rotatable bonds is 7. The molecule has 0 atom stereocenters. The Bertz CT molecular complexity index is 705. The standard InChI is InChI=1S/C18H25N3O3/c22-12-2-8-21-13-14(5-9-20-10-6-19-7-11-20)17-15(18(23)24)3-1-4-16(17)21/h1,3-4,13,19,22H,2,5-12H2,(H,23,24). The number of fused-ring (bicyclic) bond motifs is 1. The van der Waals surface area contributed by atoms with Gasteiger partial charge in [-0.3, -0.25) is 0 Å². The highest BCUT2D eigenvalue weighted by Crippen LogP contribution is 2.26. The molecule has 2 aromatic rings. The Morgan fingerprint density at radius 2 is 2.00 bits per heavy atom. The van der Waals surface area contributed by atoms with Crippen LogP contribution < -0.4 is 5.32 Å². The highest BCUT2D eigenvalue weighted by molar-refractivity contribution is 6.04. The molecule has 0 aliphatic carbocycles. The van der Waals surface area contributed by atoms with Crippen LogP contribution in [0.1, 0.15) is 22.3 Å². The predicted molar refractivity (Wildman–Crippen MR) is 93.6 cm³/mol. The van der Waals surface area contributed by atoms with Gasteiger partial charge in [0.2, 0.25) is 0 Å². The van der Waals surface area contributed by atoms with Crippen molar-refractivity contribution in [2.75, 3.05) is 39.3 Å². The first-order valence-corrected chi connectivity index (χ1v) is 8.58. The molecule has 1 aromatic heterocycles. The minimum Gasteiger partial charge on any atom is -0.478 e. The Morgan fingerprint density at radius 3 is 2.71 bits per heavy atom. The molecule has 1 fully saturated rings. The third kappa shape index (κ3) is 3.61. The Morgan fingerprint density at radius 1 is 1.21 bits per heavy atom. The Kier molecular flexibility index (Phi) is 5.50. The van der Waals surface area contributed by atoms with E-state index in [0.717, 1.165) is 55.6 Å². The molecule has 0 bridgehead atoms. The Balaban J connectivity index is 1.90. The second kappa shape index (κ2) is 7.79. The van der Waals surface area contributed by atoms with Gasteiger partial charge in [0.05, 0.1) is 5.56 Å². The molecule has 1 aliphatic rings. The van der Waals surface area contributed by atoms with Crippen molar-refractivity contribution in [3.63, 3.8) is 0 Å². The van der Waals surface area contributed by atoms with E-state index in [2.05, 4.69) is 21.0 Å². The van der Waals surface area contributed by atoms with Gasteiger partial charge >= 0.3 is 5.97 Å². The number of benzene rings is 1. The lowest BCUT2D eigenvalue weighted by atomic mass is 10.0. The van der Waals surface area contributed by atoms with Crippen LogP contribution in [0.2, 0.25) is 0 Å². The number of aryl methyl sites for hydroxylation is 1. The number of aromatic nitrogens is 1. The molecule has 0 spiro atoms. The zero-order valence-corrected chi connectivity index (χ0v) is 13.9. The van der Waals surface area contributed by atoms with Gasteiger partial charge < -0.3 is 25.0 Å². The molecule has 1 aromatic carbocycles. The first-order chi connectivity index (χ1) is 11.7. The van der Waals surface area contributed by atoms with Crippen molar-refractivity contribution in [3.8, 4) is 0 Å². The topological polar surface area (TPSA) is 77.7 Å². The highest BCUT2D eigenvalue weighted by Gasteiger charge is 2.17. The van der Waals surface area contributed by atoms with E-state index >= 15 is 0 Å². The smallest absolute Gasteiger partial charge is 0.336 e. The first kappa shape index (κ1) is 17.0. The normalized spacial score (nSPS) is 15.9. The molecule has 1 saturated heterocycles. The number of piperazine rings is 1. The van der Waals surface area contributed by atoms with Gasteiger partial charge in [0.25, 0.3) is 0 Å². The molecule has 2 heterocycles. The van der Waals surface area contributed by atoms with Crippen molar-refractivity contribution in [1.82, 2.24) is 14.8 Å². The van der Waals surface area contributed by atoms with Crippen LogP contribution >= 0.6 is 0 Å². The van der Waals surface area contributed by atoms with E-state index in [1.165, 1.54) is 0 Å². The number of nitrogens with one attached hydrogen (secondary N) is 1. The zero-order valence-electron chi connectivity index (χ0n) is 13.9. The molecule has 0 unspecified atom stereocenters. The van der Waals surface area contributed by atoms with Crippen molar-refractivity contribution in [2.45, 2.75) is 19.4 Å². The Hall–Kier alpha value is -1.89. The lowest BCUT2D eigenvalue weighted by Crippen LogP contribution is -2.44. The third-order valence-corrected chi connectivity index (χ3v) is 4.68. The van der Waals surface area contributed by atoms with Gasteiger partial charge in [-0.05, 0) is 30.5 Å². The van der Waals surface area contributed by atoms with Crippen molar-refractivity contribution >= 4 is 16.9 Å². The van der Waals surface area contributed by atoms with Crippen LogP contribution in [-0.4, -0.2) is 65.0 Å². The molecule has 3 N–H and O–H groups in total. The van der Waals surface area contributed by atoms with E-state index in [1.54, 1.807) is 12.1 Å². The summed E-state index contributed by atoms with van der Waals surface area (Å²) >= 11 is 0. The van der Waals surface area contributed by atoms with Gasteiger partial charge in [-0.2, -0.15) is 0 Å². The summed E-state index contributed by atoms with van der Waals surface area (Å²) in [7, 11) is 0. The van der Waals surface area contributed by atoms with Crippen LogP contribution in [-0.2, 0) is 13.0 Å². The summed E-state index contributed by atoms with van der Waals surface area (Å²) in [6, 6.07) is 5.43. The number of nitrogens with zero attached hydrogens (tertiary/aromatic N) is 2. The van der Waals surface area contributed by atoms with Crippen LogP contribution in [0.3, 0.4) is 0 Å². The van der Waals surface area contributed by atoms with Crippen LogP contribution in [0.5, 0.6) is 0 Å². The quantitative estimate of drug-likeness (QED) is 0.710. The molecule has 3 rings (SSSR count). The fraction of sp³-hybridized carbons (Fsp3) is 0.500. The number of carboxylic acid groups (broad SMARTS) is 1. The number of hydrogen-bond donors (Lipinski definition) is 3. The van der Waals surface area contributed by atoms with Crippen LogP contribution in [0, 0.1) is 0 Å². The molecule has 0 saturated carbocycles. The van der Waals surface area contributed by atoms with E-state index in [0.29, 0.717) is 18.5 Å². The second-order valence-corrected chi connectivity index (χ2v) is 6.27. The molecular weight excluding hydrogens is 306 g/mol. The van der Waals surface area contributed by atoms with Gasteiger partial charge in [-0.15, -0.1) is 0 Å². The maximum atomic E-state index is 11.6. The van der Waals surface area contributed by atoms with Gasteiger partial charge in [0, 0.05) is 63.0 Å². The van der Waals surface area contributed by atoms with Crippen molar-refractivity contribution < 1.29 is 15.0 Å². The number of aromatic carboxylic acids is 1. The first-order valence-electron chi connectivity index (χ1n) is 8.58. The SMILES string of the molecule is O=C(O)c1cccc2c1c(CCN1CCNCC1)cn2CCCO.